The van der Waals surface area contributed by atoms with Crippen LogP contribution in [-0.4, -0.2) is 70.7 Å². The largest absolute Gasteiger partial charge is 0.444 e. The molecule has 1 fully saturated rings. The van der Waals surface area contributed by atoms with Gasteiger partial charge in [0.05, 0.1) is 5.39 Å². The highest BCUT2D eigenvalue weighted by Crippen LogP contribution is 2.37. The molecule has 0 radical (unpaired) electrons. The fraction of sp³-hybridized carbons (Fsp3) is 0.435. The Morgan fingerprint density at radius 1 is 1.16 bits per heavy atom. The van der Waals surface area contributed by atoms with Crippen molar-refractivity contribution in [3.8, 4) is 11.1 Å². The first-order valence-corrected chi connectivity index (χ1v) is 11.8. The van der Waals surface area contributed by atoms with Gasteiger partial charge in [0, 0.05) is 67.4 Å². The summed E-state index contributed by atoms with van der Waals surface area (Å²) in [5, 5.41) is 4.36. The molecule has 3 aromatic rings. The molecule has 9 heteroatoms. The number of nitrogens with zero attached hydrogens (tertiary/aromatic N) is 4. The molecule has 170 valence electrons. The maximum atomic E-state index is 12.2. The number of fused-ring (bicyclic) bond motifs is 1. The molecule has 4 rings (SSSR count). The van der Waals surface area contributed by atoms with Crippen molar-refractivity contribution in [3.63, 3.8) is 0 Å². The lowest BCUT2D eigenvalue weighted by Crippen LogP contribution is -2.50. The van der Waals surface area contributed by atoms with Crippen LogP contribution >= 0.6 is 22.6 Å². The van der Waals surface area contributed by atoms with Crippen molar-refractivity contribution < 1.29 is 13.9 Å². The lowest BCUT2D eigenvalue weighted by molar-refractivity contribution is 0.0148. The first-order valence-electron chi connectivity index (χ1n) is 10.7. The minimum absolute atomic E-state index is 0.235. The van der Waals surface area contributed by atoms with Crippen LogP contribution in [0.15, 0.2) is 41.1 Å². The van der Waals surface area contributed by atoms with Crippen LogP contribution in [0.25, 0.3) is 22.2 Å². The SMILES string of the molecule is CC(C)(C)OC(=O)N1CCN(CCNc2ncnc3oc(I)c(-c4ccccc4)c23)CC1. The number of aromatic nitrogens is 2. The third kappa shape index (κ3) is 5.32. The minimum Gasteiger partial charge on any atom is -0.444 e. The average Bonchev–Trinajstić information content (AvgIpc) is 3.10. The Hall–Kier alpha value is -2.40. The number of hydrogen-bond donors (Lipinski definition) is 1. The van der Waals surface area contributed by atoms with E-state index in [1.807, 2.05) is 39.0 Å². The quantitative estimate of drug-likeness (QED) is 0.471. The molecule has 0 saturated carbocycles. The van der Waals surface area contributed by atoms with E-state index < -0.39 is 5.60 Å². The molecule has 0 bridgehead atoms. The van der Waals surface area contributed by atoms with E-state index in [-0.39, 0.29) is 6.09 Å². The summed E-state index contributed by atoms with van der Waals surface area (Å²) in [6.45, 7) is 10.2. The monoisotopic (exact) mass is 549 g/mol. The number of carbonyl (C=O) groups is 1. The molecule has 1 aliphatic rings. The van der Waals surface area contributed by atoms with Gasteiger partial charge in [-0.1, -0.05) is 30.3 Å². The van der Waals surface area contributed by atoms with E-state index >= 15 is 0 Å². The van der Waals surface area contributed by atoms with Gasteiger partial charge < -0.3 is 19.4 Å². The lowest BCUT2D eigenvalue weighted by atomic mass is 10.1. The number of carbonyl (C=O) groups excluding carboxylic acids is 1. The fourth-order valence-electron chi connectivity index (χ4n) is 3.72. The molecule has 1 N–H and O–H groups in total. The van der Waals surface area contributed by atoms with Gasteiger partial charge in [0.25, 0.3) is 0 Å². The van der Waals surface area contributed by atoms with Gasteiger partial charge in [-0.3, -0.25) is 4.90 Å². The Kier molecular flexibility index (Phi) is 6.85. The second-order valence-corrected chi connectivity index (χ2v) is 9.73. The predicted octanol–water partition coefficient (Wildman–Crippen LogP) is 4.46. The molecule has 1 amide bonds. The highest BCUT2D eigenvalue weighted by molar-refractivity contribution is 14.1. The van der Waals surface area contributed by atoms with Gasteiger partial charge in [-0.2, -0.15) is 0 Å². The molecule has 0 unspecified atom stereocenters. The molecule has 0 atom stereocenters. The first kappa shape index (κ1) is 22.8. The molecule has 1 saturated heterocycles. The lowest BCUT2D eigenvalue weighted by Gasteiger charge is -2.35. The van der Waals surface area contributed by atoms with Gasteiger partial charge in [-0.05, 0) is 26.3 Å². The van der Waals surface area contributed by atoms with E-state index in [1.165, 1.54) is 6.33 Å². The summed E-state index contributed by atoms with van der Waals surface area (Å²) in [5.41, 5.74) is 2.20. The Morgan fingerprint density at radius 2 is 1.88 bits per heavy atom. The van der Waals surface area contributed by atoms with Crippen molar-refractivity contribution in [3.05, 3.63) is 40.4 Å². The number of hydrogen-bond acceptors (Lipinski definition) is 7. The van der Waals surface area contributed by atoms with Gasteiger partial charge >= 0.3 is 6.09 Å². The number of halogens is 1. The molecule has 0 spiro atoms. The van der Waals surface area contributed by atoms with Crippen LogP contribution in [0.1, 0.15) is 20.8 Å². The smallest absolute Gasteiger partial charge is 0.410 e. The number of benzene rings is 1. The van der Waals surface area contributed by atoms with E-state index in [4.69, 9.17) is 9.15 Å². The van der Waals surface area contributed by atoms with E-state index in [0.717, 1.165) is 52.3 Å². The molecule has 2 aromatic heterocycles. The fourth-order valence-corrected chi connectivity index (χ4v) is 4.51. The van der Waals surface area contributed by atoms with Gasteiger partial charge in [-0.15, -0.1) is 0 Å². The molecular weight excluding hydrogens is 521 g/mol. The highest BCUT2D eigenvalue weighted by Gasteiger charge is 2.26. The summed E-state index contributed by atoms with van der Waals surface area (Å²) >= 11 is 2.21. The normalized spacial score (nSPS) is 15.2. The van der Waals surface area contributed by atoms with Gasteiger partial charge in [0.2, 0.25) is 5.71 Å². The highest BCUT2D eigenvalue weighted by atomic mass is 127. The summed E-state index contributed by atoms with van der Waals surface area (Å²) in [6, 6.07) is 10.1. The second-order valence-electron chi connectivity index (χ2n) is 8.76. The van der Waals surface area contributed by atoms with E-state index in [2.05, 4.69) is 54.9 Å². The van der Waals surface area contributed by atoms with Crippen LogP contribution < -0.4 is 5.32 Å². The van der Waals surface area contributed by atoms with Crippen molar-refractivity contribution >= 4 is 45.6 Å². The van der Waals surface area contributed by atoms with Crippen LogP contribution in [0.4, 0.5) is 10.6 Å². The van der Waals surface area contributed by atoms with Crippen molar-refractivity contribution in [1.29, 1.82) is 0 Å². The topological polar surface area (TPSA) is 83.7 Å². The van der Waals surface area contributed by atoms with Crippen LogP contribution in [-0.2, 0) is 4.74 Å². The second kappa shape index (κ2) is 9.62. The summed E-state index contributed by atoms with van der Waals surface area (Å²) < 4.78 is 12.2. The van der Waals surface area contributed by atoms with Crippen molar-refractivity contribution in [1.82, 2.24) is 19.8 Å². The number of nitrogens with one attached hydrogen (secondary N) is 1. The molecule has 32 heavy (non-hydrogen) atoms. The number of furan rings is 1. The Bertz CT molecular complexity index is 1070. The first-order chi connectivity index (χ1) is 15.3. The van der Waals surface area contributed by atoms with Crippen molar-refractivity contribution in [2.45, 2.75) is 26.4 Å². The zero-order valence-electron chi connectivity index (χ0n) is 18.6. The van der Waals surface area contributed by atoms with Crippen molar-refractivity contribution in [2.75, 3.05) is 44.6 Å². The van der Waals surface area contributed by atoms with E-state index in [9.17, 15) is 4.79 Å². The van der Waals surface area contributed by atoms with Crippen LogP contribution in [0, 0.1) is 3.77 Å². The summed E-state index contributed by atoms with van der Waals surface area (Å²) in [4.78, 5) is 25.2. The molecule has 1 aliphatic heterocycles. The Morgan fingerprint density at radius 3 is 2.56 bits per heavy atom. The minimum atomic E-state index is -0.468. The zero-order valence-corrected chi connectivity index (χ0v) is 20.8. The van der Waals surface area contributed by atoms with Crippen LogP contribution in [0.3, 0.4) is 0 Å². The maximum absolute atomic E-state index is 12.2. The zero-order chi connectivity index (χ0) is 22.7. The predicted molar refractivity (Wildman–Crippen MR) is 133 cm³/mol. The summed E-state index contributed by atoms with van der Waals surface area (Å²) in [7, 11) is 0. The summed E-state index contributed by atoms with van der Waals surface area (Å²) in [5.74, 6) is 0.771. The number of piperazine rings is 1. The molecule has 8 nitrogen and oxygen atoms in total. The number of anilines is 1. The van der Waals surface area contributed by atoms with Gasteiger partial charge in [-0.25, -0.2) is 14.8 Å². The summed E-state index contributed by atoms with van der Waals surface area (Å²) in [6.07, 6.45) is 1.29. The molecule has 0 aliphatic carbocycles. The third-order valence-electron chi connectivity index (χ3n) is 5.25. The van der Waals surface area contributed by atoms with Gasteiger partial charge in [0.15, 0.2) is 3.77 Å². The van der Waals surface area contributed by atoms with Crippen molar-refractivity contribution in [2.24, 2.45) is 0 Å². The molecule has 3 heterocycles. The Labute approximate surface area is 201 Å². The van der Waals surface area contributed by atoms with Crippen LogP contribution in [0.5, 0.6) is 0 Å². The van der Waals surface area contributed by atoms with Gasteiger partial charge in [0.1, 0.15) is 17.7 Å². The van der Waals surface area contributed by atoms with E-state index in [1.54, 1.807) is 4.90 Å². The Balaban J connectivity index is 1.37. The van der Waals surface area contributed by atoms with E-state index in [0.29, 0.717) is 18.8 Å². The molecular formula is C23H28IN5O3. The third-order valence-corrected chi connectivity index (χ3v) is 6.01. The maximum Gasteiger partial charge on any atom is 0.410 e. The number of rotatable bonds is 5. The molecule has 1 aromatic carbocycles. The number of ether oxygens (including phenoxy) is 1. The average molecular weight is 549 g/mol. The van der Waals surface area contributed by atoms with Crippen LogP contribution in [0.2, 0.25) is 0 Å². The number of amides is 1. The standard InChI is InChI=1S/C23H28IN5O3/c1-23(2,3)32-22(30)29-13-11-28(12-14-29)10-9-25-20-18-17(16-7-5-4-6-8-16)19(24)31-21(18)27-15-26-20/h4-8,15H,9-14H2,1-3H3,(H,25,26,27).